The van der Waals surface area contributed by atoms with E-state index in [0.717, 1.165) is 60.3 Å². The first-order valence-electron chi connectivity index (χ1n) is 10.5. The molecule has 0 bridgehead atoms. The summed E-state index contributed by atoms with van der Waals surface area (Å²) in [5.74, 6) is 2.13. The van der Waals surface area contributed by atoms with E-state index < -0.39 is 0 Å². The molecule has 0 aliphatic carbocycles. The molecule has 0 aromatic carbocycles. The normalized spacial score (nSPS) is 14.2. The fourth-order valence-electron chi connectivity index (χ4n) is 3.77. The van der Waals surface area contributed by atoms with Crippen molar-refractivity contribution < 1.29 is 4.74 Å². The molecule has 9 heteroatoms. The lowest BCUT2D eigenvalue weighted by Gasteiger charge is -2.36. The first-order valence-corrected chi connectivity index (χ1v) is 10.5. The van der Waals surface area contributed by atoms with Crippen LogP contribution in [0.1, 0.15) is 25.1 Å². The molecule has 1 aliphatic heterocycles. The van der Waals surface area contributed by atoms with Gasteiger partial charge in [0.05, 0.1) is 18.2 Å². The van der Waals surface area contributed by atoms with Gasteiger partial charge in [0.1, 0.15) is 18.0 Å². The number of aromatic amines is 1. The van der Waals surface area contributed by atoms with Crippen LogP contribution in [-0.2, 0) is 11.2 Å². The summed E-state index contributed by atoms with van der Waals surface area (Å²) in [5, 5.41) is 15.7. The Labute approximate surface area is 182 Å². The lowest BCUT2D eigenvalue weighted by Crippen LogP contribution is -2.47. The van der Waals surface area contributed by atoms with Gasteiger partial charge in [0.15, 0.2) is 5.90 Å². The van der Waals surface area contributed by atoms with Gasteiger partial charge in [0.25, 0.3) is 0 Å². The van der Waals surface area contributed by atoms with Gasteiger partial charge in [0.2, 0.25) is 0 Å². The molecule has 31 heavy (non-hydrogen) atoms. The van der Waals surface area contributed by atoms with Crippen molar-refractivity contribution in [3.8, 4) is 11.3 Å². The van der Waals surface area contributed by atoms with Crippen molar-refractivity contribution in [3.05, 3.63) is 48.2 Å². The maximum absolute atomic E-state index is 8.15. The van der Waals surface area contributed by atoms with Gasteiger partial charge < -0.3 is 14.5 Å². The van der Waals surface area contributed by atoms with Crippen LogP contribution in [0.25, 0.3) is 11.3 Å². The van der Waals surface area contributed by atoms with E-state index in [2.05, 4.69) is 41.0 Å². The molecule has 0 saturated carbocycles. The lowest BCUT2D eigenvalue weighted by atomic mass is 10.0. The molecule has 0 atom stereocenters. The number of piperazine rings is 1. The van der Waals surface area contributed by atoms with Crippen LogP contribution in [0.4, 0.5) is 11.6 Å². The zero-order valence-corrected chi connectivity index (χ0v) is 18.2. The molecule has 1 fully saturated rings. The fourth-order valence-corrected chi connectivity index (χ4v) is 3.77. The summed E-state index contributed by atoms with van der Waals surface area (Å²) in [6.45, 7) is 9.30. The van der Waals surface area contributed by atoms with Gasteiger partial charge >= 0.3 is 0 Å². The van der Waals surface area contributed by atoms with Gasteiger partial charge in [-0.3, -0.25) is 10.5 Å². The van der Waals surface area contributed by atoms with Crippen molar-refractivity contribution in [1.82, 2.24) is 25.1 Å². The van der Waals surface area contributed by atoms with Crippen LogP contribution in [0.15, 0.2) is 36.9 Å². The molecule has 3 aromatic heterocycles. The molecule has 4 heterocycles. The summed E-state index contributed by atoms with van der Waals surface area (Å²) in [7, 11) is 0. The Kier molecular flexibility index (Phi) is 6.11. The molecular weight excluding hydrogens is 392 g/mol. The number of nitrogens with one attached hydrogen (secondary N) is 2. The van der Waals surface area contributed by atoms with Gasteiger partial charge in [-0.25, -0.2) is 15.0 Å². The highest BCUT2D eigenvalue weighted by molar-refractivity contribution is 5.79. The quantitative estimate of drug-likeness (QED) is 0.466. The molecule has 0 spiro atoms. The number of pyridine rings is 1. The fraction of sp³-hybridized carbons (Fsp3) is 0.409. The van der Waals surface area contributed by atoms with Crippen molar-refractivity contribution in [1.29, 1.82) is 5.41 Å². The Morgan fingerprint density at radius 3 is 2.52 bits per heavy atom. The van der Waals surface area contributed by atoms with E-state index in [4.69, 9.17) is 10.1 Å². The number of aryl methyl sites for hydroxylation is 1. The predicted octanol–water partition coefficient (Wildman–Crippen LogP) is 2.84. The second-order valence-corrected chi connectivity index (χ2v) is 7.89. The topological polar surface area (TPSA) is 107 Å². The molecule has 4 rings (SSSR count). The van der Waals surface area contributed by atoms with E-state index in [9.17, 15) is 0 Å². The number of aromatic nitrogens is 5. The lowest BCUT2D eigenvalue weighted by molar-refractivity contribution is 0.221. The summed E-state index contributed by atoms with van der Waals surface area (Å²) >= 11 is 0. The monoisotopic (exact) mass is 420 g/mol. The van der Waals surface area contributed by atoms with Crippen LogP contribution in [0.5, 0.6) is 0 Å². The standard InChI is InChI=1S/C22H28N8O/c1-15(2)31-19(23)13-18-16(3)27-28-22(18)17-4-7-25-21(12-17)30-10-8-29(9-11-30)20-5-6-24-14-26-20/h4-7,12,14-15,23H,8-11,13H2,1-3H3,(H,27,28). The number of nitrogens with zero attached hydrogens (tertiary/aromatic N) is 6. The van der Waals surface area contributed by atoms with Gasteiger partial charge in [0, 0.05) is 55.4 Å². The average Bonchev–Trinajstić information content (AvgIpc) is 3.14. The third-order valence-electron chi connectivity index (χ3n) is 5.30. The zero-order chi connectivity index (χ0) is 21.8. The van der Waals surface area contributed by atoms with Crippen molar-refractivity contribution in [2.24, 2.45) is 0 Å². The summed E-state index contributed by atoms with van der Waals surface area (Å²) in [6, 6.07) is 5.98. The van der Waals surface area contributed by atoms with Crippen LogP contribution in [-0.4, -0.2) is 63.3 Å². The number of hydrogen-bond donors (Lipinski definition) is 2. The third-order valence-corrected chi connectivity index (χ3v) is 5.30. The Hall–Kier alpha value is -3.49. The maximum atomic E-state index is 8.15. The molecule has 0 radical (unpaired) electrons. The van der Waals surface area contributed by atoms with E-state index >= 15 is 0 Å². The third kappa shape index (κ3) is 4.82. The maximum Gasteiger partial charge on any atom is 0.185 e. The smallest absolute Gasteiger partial charge is 0.185 e. The van der Waals surface area contributed by atoms with Crippen molar-refractivity contribution in [2.75, 3.05) is 36.0 Å². The van der Waals surface area contributed by atoms with Crippen molar-refractivity contribution in [2.45, 2.75) is 33.3 Å². The first-order chi connectivity index (χ1) is 15.0. The van der Waals surface area contributed by atoms with Gasteiger partial charge in [-0.1, -0.05) is 0 Å². The van der Waals surface area contributed by atoms with Crippen LogP contribution in [0.2, 0.25) is 0 Å². The van der Waals surface area contributed by atoms with Crippen LogP contribution in [0, 0.1) is 12.3 Å². The molecule has 9 nitrogen and oxygen atoms in total. The number of hydrogen-bond acceptors (Lipinski definition) is 8. The first kappa shape index (κ1) is 20.8. The number of H-pyrrole nitrogens is 1. The van der Waals surface area contributed by atoms with Gasteiger partial charge in [-0.05, 0) is 39.0 Å². The molecule has 162 valence electrons. The summed E-state index contributed by atoms with van der Waals surface area (Å²) in [5.41, 5.74) is 3.76. The SMILES string of the molecule is Cc1[nH]nc(-c2ccnc(N3CCN(c4ccncn4)CC3)c2)c1CC(=N)OC(C)C. The Morgan fingerprint density at radius 2 is 1.84 bits per heavy atom. The minimum absolute atomic E-state index is 0.0169. The van der Waals surface area contributed by atoms with E-state index in [1.54, 1.807) is 12.5 Å². The highest BCUT2D eigenvalue weighted by Gasteiger charge is 2.21. The molecule has 3 aromatic rings. The second kappa shape index (κ2) is 9.11. The minimum atomic E-state index is -0.0169. The van der Waals surface area contributed by atoms with Gasteiger partial charge in [-0.2, -0.15) is 5.10 Å². The second-order valence-electron chi connectivity index (χ2n) is 7.89. The number of ether oxygens (including phenoxy) is 1. The van der Waals surface area contributed by atoms with Crippen LogP contribution >= 0.6 is 0 Å². The Bertz CT molecular complexity index is 1020. The largest absolute Gasteiger partial charge is 0.478 e. The van der Waals surface area contributed by atoms with Gasteiger partial charge in [-0.15, -0.1) is 0 Å². The molecule has 1 saturated heterocycles. The summed E-state index contributed by atoms with van der Waals surface area (Å²) < 4.78 is 5.54. The number of anilines is 2. The zero-order valence-electron chi connectivity index (χ0n) is 18.2. The summed E-state index contributed by atoms with van der Waals surface area (Å²) in [6.07, 6.45) is 5.57. The van der Waals surface area contributed by atoms with E-state index in [0.29, 0.717) is 6.42 Å². The predicted molar refractivity (Wildman–Crippen MR) is 121 cm³/mol. The van der Waals surface area contributed by atoms with E-state index in [-0.39, 0.29) is 12.0 Å². The molecular formula is C22H28N8O. The van der Waals surface area contributed by atoms with Crippen LogP contribution < -0.4 is 9.80 Å². The minimum Gasteiger partial charge on any atom is -0.478 e. The summed E-state index contributed by atoms with van der Waals surface area (Å²) in [4.78, 5) is 17.5. The Morgan fingerprint density at radius 1 is 1.10 bits per heavy atom. The van der Waals surface area contributed by atoms with E-state index in [1.807, 2.05) is 39.1 Å². The Balaban J connectivity index is 1.49. The van der Waals surface area contributed by atoms with Crippen LogP contribution in [0.3, 0.4) is 0 Å². The van der Waals surface area contributed by atoms with E-state index in [1.165, 1.54) is 0 Å². The molecule has 0 unspecified atom stereocenters. The molecule has 1 aliphatic rings. The highest BCUT2D eigenvalue weighted by atomic mass is 16.5. The highest BCUT2D eigenvalue weighted by Crippen LogP contribution is 2.27. The van der Waals surface area contributed by atoms with Crippen molar-refractivity contribution >= 4 is 17.5 Å². The molecule has 2 N–H and O–H groups in total. The average molecular weight is 421 g/mol. The molecule has 0 amide bonds. The van der Waals surface area contributed by atoms with Crippen molar-refractivity contribution in [3.63, 3.8) is 0 Å². The number of rotatable bonds is 6.